The Hall–Kier alpha value is -3.00. The Labute approximate surface area is 140 Å². The number of carbonyl (C=O) groups is 3. The van der Waals surface area contributed by atoms with Crippen LogP contribution in [0.1, 0.15) is 25.9 Å². The van der Waals surface area contributed by atoms with Crippen LogP contribution in [-0.4, -0.2) is 41.3 Å². The summed E-state index contributed by atoms with van der Waals surface area (Å²) in [5.41, 5.74) is 1.45. The number of H-pyrrole nitrogens is 1. The van der Waals surface area contributed by atoms with Crippen molar-refractivity contribution >= 4 is 39.9 Å². The molecule has 3 aromatic rings. The average Bonchev–Trinajstić information content (AvgIpc) is 3.25. The molecule has 0 fully saturated rings. The van der Waals surface area contributed by atoms with Crippen molar-refractivity contribution in [2.75, 3.05) is 13.7 Å². The van der Waals surface area contributed by atoms with Gasteiger partial charge in [-0.1, -0.05) is 18.2 Å². The molecule has 1 amide bonds. The van der Waals surface area contributed by atoms with E-state index in [1.54, 1.807) is 6.20 Å². The van der Waals surface area contributed by atoms with Gasteiger partial charge in [0.15, 0.2) is 5.01 Å². The van der Waals surface area contributed by atoms with E-state index >= 15 is 0 Å². The number of ketones is 1. The quantitative estimate of drug-likeness (QED) is 0.543. The summed E-state index contributed by atoms with van der Waals surface area (Å²) in [6.45, 7) is -0.251. The van der Waals surface area contributed by atoms with Crippen molar-refractivity contribution in [1.82, 2.24) is 15.3 Å². The lowest BCUT2D eigenvalue weighted by Crippen LogP contribution is -2.30. The maximum absolute atomic E-state index is 12.6. The second-order valence-corrected chi connectivity index (χ2v) is 5.73. The van der Waals surface area contributed by atoms with Gasteiger partial charge in [-0.2, -0.15) is 0 Å². The molecule has 8 heteroatoms. The molecular formula is C16H13N3O4S. The van der Waals surface area contributed by atoms with Gasteiger partial charge >= 0.3 is 5.97 Å². The molecule has 0 saturated heterocycles. The molecule has 0 aliphatic heterocycles. The Kier molecular flexibility index (Phi) is 4.39. The molecule has 0 atom stereocenters. The molecule has 24 heavy (non-hydrogen) atoms. The predicted octanol–water partition coefficient (Wildman–Crippen LogP) is 1.76. The number of esters is 1. The fourth-order valence-corrected chi connectivity index (χ4v) is 2.92. The number of benzene rings is 1. The fraction of sp³-hybridized carbons (Fsp3) is 0.125. The van der Waals surface area contributed by atoms with Crippen LogP contribution in [0.25, 0.3) is 10.9 Å². The third-order valence-electron chi connectivity index (χ3n) is 3.39. The molecule has 0 spiro atoms. The molecule has 0 aliphatic rings. The molecule has 0 saturated carbocycles. The molecule has 2 heterocycles. The Morgan fingerprint density at radius 3 is 2.88 bits per heavy atom. The number of thiazole rings is 1. The topological polar surface area (TPSA) is 101 Å². The third kappa shape index (κ3) is 3.04. The van der Waals surface area contributed by atoms with Crippen LogP contribution in [0.2, 0.25) is 0 Å². The highest BCUT2D eigenvalue weighted by Crippen LogP contribution is 2.22. The summed E-state index contributed by atoms with van der Waals surface area (Å²) in [5.74, 6) is -1.35. The number of aromatic nitrogens is 2. The largest absolute Gasteiger partial charge is 0.468 e. The summed E-state index contributed by atoms with van der Waals surface area (Å²) in [5, 5.41) is 4.87. The maximum Gasteiger partial charge on any atom is 0.325 e. The number of nitrogens with zero attached hydrogens (tertiary/aromatic N) is 1. The lowest BCUT2D eigenvalue weighted by Gasteiger charge is -2.00. The molecule has 2 aromatic heterocycles. The van der Waals surface area contributed by atoms with Gasteiger partial charge in [-0.3, -0.25) is 14.4 Å². The fourth-order valence-electron chi connectivity index (χ4n) is 2.17. The zero-order valence-electron chi connectivity index (χ0n) is 12.7. The van der Waals surface area contributed by atoms with Crippen LogP contribution in [0, 0.1) is 0 Å². The van der Waals surface area contributed by atoms with Gasteiger partial charge < -0.3 is 15.0 Å². The van der Waals surface area contributed by atoms with E-state index in [9.17, 15) is 14.4 Å². The summed E-state index contributed by atoms with van der Waals surface area (Å²) < 4.78 is 4.44. The third-order valence-corrected chi connectivity index (χ3v) is 4.23. The predicted molar refractivity (Wildman–Crippen MR) is 88.2 cm³/mol. The summed E-state index contributed by atoms with van der Waals surface area (Å²) in [7, 11) is 1.23. The Morgan fingerprint density at radius 2 is 2.08 bits per heavy atom. The number of para-hydroxylation sites is 1. The van der Waals surface area contributed by atoms with Crippen molar-refractivity contribution in [2.24, 2.45) is 0 Å². The molecular weight excluding hydrogens is 330 g/mol. The lowest BCUT2D eigenvalue weighted by molar-refractivity contribution is -0.139. The molecule has 0 radical (unpaired) electrons. The van der Waals surface area contributed by atoms with Crippen molar-refractivity contribution < 1.29 is 19.1 Å². The van der Waals surface area contributed by atoms with E-state index in [-0.39, 0.29) is 23.0 Å². The summed E-state index contributed by atoms with van der Waals surface area (Å²) in [6.07, 6.45) is 1.63. The minimum atomic E-state index is -0.561. The van der Waals surface area contributed by atoms with Crippen LogP contribution in [-0.2, 0) is 9.53 Å². The monoisotopic (exact) mass is 343 g/mol. The van der Waals surface area contributed by atoms with E-state index in [0.717, 1.165) is 22.2 Å². The lowest BCUT2D eigenvalue weighted by atomic mass is 10.1. The van der Waals surface area contributed by atoms with E-state index in [2.05, 4.69) is 20.0 Å². The SMILES string of the molecule is COC(=O)CNC(=O)c1csc(C(=O)c2c[nH]c3ccccc23)n1. The van der Waals surface area contributed by atoms with Gasteiger partial charge in [0.25, 0.3) is 5.91 Å². The van der Waals surface area contributed by atoms with Gasteiger partial charge in [0.1, 0.15) is 12.2 Å². The number of rotatable bonds is 5. The van der Waals surface area contributed by atoms with Crippen LogP contribution >= 0.6 is 11.3 Å². The van der Waals surface area contributed by atoms with Gasteiger partial charge in [0, 0.05) is 22.5 Å². The molecule has 1 aromatic carbocycles. The minimum absolute atomic E-state index is 0.0899. The molecule has 7 nitrogen and oxygen atoms in total. The van der Waals surface area contributed by atoms with Gasteiger partial charge in [-0.25, -0.2) is 4.98 Å². The van der Waals surface area contributed by atoms with E-state index in [0.29, 0.717) is 5.56 Å². The molecule has 0 unspecified atom stereocenters. The zero-order chi connectivity index (χ0) is 17.1. The van der Waals surface area contributed by atoms with Crippen LogP contribution in [0.15, 0.2) is 35.8 Å². The normalized spacial score (nSPS) is 10.5. The highest BCUT2D eigenvalue weighted by molar-refractivity contribution is 7.12. The molecule has 122 valence electrons. The molecule has 2 N–H and O–H groups in total. The number of ether oxygens (including phenoxy) is 1. The Morgan fingerprint density at radius 1 is 1.29 bits per heavy atom. The summed E-state index contributed by atoms with van der Waals surface area (Å²) in [6, 6.07) is 7.44. The first kappa shape index (κ1) is 15.9. The van der Waals surface area contributed by atoms with E-state index in [4.69, 9.17) is 0 Å². The number of nitrogens with one attached hydrogen (secondary N) is 2. The number of carbonyl (C=O) groups excluding carboxylic acids is 3. The van der Waals surface area contributed by atoms with Gasteiger partial charge in [0.2, 0.25) is 5.78 Å². The van der Waals surface area contributed by atoms with Crippen molar-refractivity contribution in [3.05, 3.63) is 52.1 Å². The van der Waals surface area contributed by atoms with E-state index < -0.39 is 11.9 Å². The highest BCUT2D eigenvalue weighted by atomic mass is 32.1. The number of methoxy groups -OCH3 is 1. The Balaban J connectivity index is 1.79. The molecule has 0 aliphatic carbocycles. The molecule has 3 rings (SSSR count). The van der Waals surface area contributed by atoms with Crippen molar-refractivity contribution in [2.45, 2.75) is 0 Å². The number of aromatic amines is 1. The second kappa shape index (κ2) is 6.63. The maximum atomic E-state index is 12.6. The first-order valence-corrected chi connectivity index (χ1v) is 7.89. The van der Waals surface area contributed by atoms with Gasteiger partial charge in [-0.15, -0.1) is 11.3 Å². The zero-order valence-corrected chi connectivity index (χ0v) is 13.5. The number of amides is 1. The number of hydrogen-bond acceptors (Lipinski definition) is 6. The van der Waals surface area contributed by atoms with Crippen molar-refractivity contribution in [3.63, 3.8) is 0 Å². The minimum Gasteiger partial charge on any atom is -0.468 e. The smallest absolute Gasteiger partial charge is 0.325 e. The van der Waals surface area contributed by atoms with Gasteiger partial charge in [-0.05, 0) is 6.07 Å². The Bertz CT molecular complexity index is 928. The number of fused-ring (bicyclic) bond motifs is 1. The first-order chi connectivity index (χ1) is 11.6. The average molecular weight is 343 g/mol. The summed E-state index contributed by atoms with van der Waals surface area (Å²) >= 11 is 1.08. The first-order valence-electron chi connectivity index (χ1n) is 7.01. The molecule has 0 bridgehead atoms. The standard InChI is InChI=1S/C16H13N3O4S/c1-23-13(20)7-18-15(22)12-8-24-16(19-12)14(21)10-6-17-11-5-3-2-4-9(10)11/h2-6,8,17H,7H2,1H3,(H,18,22). The summed E-state index contributed by atoms with van der Waals surface area (Å²) in [4.78, 5) is 42.6. The number of hydrogen-bond donors (Lipinski definition) is 2. The van der Waals surface area contributed by atoms with E-state index in [1.165, 1.54) is 12.5 Å². The van der Waals surface area contributed by atoms with Crippen LogP contribution in [0.3, 0.4) is 0 Å². The van der Waals surface area contributed by atoms with Crippen molar-refractivity contribution in [3.8, 4) is 0 Å². The van der Waals surface area contributed by atoms with E-state index in [1.807, 2.05) is 24.3 Å². The van der Waals surface area contributed by atoms with Crippen molar-refractivity contribution in [1.29, 1.82) is 0 Å². The van der Waals surface area contributed by atoms with Crippen LogP contribution in [0.5, 0.6) is 0 Å². The van der Waals surface area contributed by atoms with Crippen LogP contribution in [0.4, 0.5) is 0 Å². The highest BCUT2D eigenvalue weighted by Gasteiger charge is 2.19. The van der Waals surface area contributed by atoms with Gasteiger partial charge in [0.05, 0.1) is 12.7 Å². The second-order valence-electron chi connectivity index (χ2n) is 4.87. The van der Waals surface area contributed by atoms with Crippen LogP contribution < -0.4 is 5.32 Å².